The molecule has 0 aliphatic rings. The second-order valence-corrected chi connectivity index (χ2v) is 4.85. The van der Waals surface area contributed by atoms with Gasteiger partial charge in [0.05, 0.1) is 5.56 Å². The highest BCUT2D eigenvalue weighted by Crippen LogP contribution is 2.33. The zero-order valence-corrected chi connectivity index (χ0v) is 11.7. The van der Waals surface area contributed by atoms with Gasteiger partial charge in [-0.1, -0.05) is 20.8 Å². The van der Waals surface area contributed by atoms with Gasteiger partial charge in [-0.3, -0.25) is 0 Å². The number of rotatable bonds is 6. The first-order valence-electron chi connectivity index (χ1n) is 6.50. The highest BCUT2D eigenvalue weighted by Gasteiger charge is 2.34. The van der Waals surface area contributed by atoms with E-state index in [0.29, 0.717) is 19.0 Å². The third-order valence-electron chi connectivity index (χ3n) is 2.76. The number of benzene rings is 1. The summed E-state index contributed by atoms with van der Waals surface area (Å²) in [6.45, 7) is 6.33. The molecule has 0 bridgehead atoms. The molecule has 0 aliphatic carbocycles. The van der Waals surface area contributed by atoms with Crippen LogP contribution in [0, 0.1) is 5.82 Å². The standard InChI is InChI=1S/C14H19F4NO/c1-4-10(8-19-9(2)3)20-11-5-6-13(15)12(7-11)14(16,17)18/h5-7,9-10,19H,4,8H2,1-3H3. The minimum absolute atomic E-state index is 0.0242. The van der Waals surface area contributed by atoms with E-state index in [1.165, 1.54) is 6.07 Å². The van der Waals surface area contributed by atoms with Gasteiger partial charge >= 0.3 is 6.18 Å². The Hall–Kier alpha value is -1.30. The number of ether oxygens (including phenoxy) is 1. The predicted octanol–water partition coefficient (Wildman–Crippen LogP) is 4.00. The van der Waals surface area contributed by atoms with E-state index in [9.17, 15) is 17.6 Å². The molecule has 0 saturated carbocycles. The van der Waals surface area contributed by atoms with Gasteiger partial charge in [0.25, 0.3) is 0 Å². The lowest BCUT2D eigenvalue weighted by atomic mass is 10.2. The molecule has 2 nitrogen and oxygen atoms in total. The van der Waals surface area contributed by atoms with Crippen LogP contribution in [0.25, 0.3) is 0 Å². The largest absolute Gasteiger partial charge is 0.489 e. The van der Waals surface area contributed by atoms with E-state index in [4.69, 9.17) is 4.74 Å². The lowest BCUT2D eigenvalue weighted by molar-refractivity contribution is -0.140. The predicted molar refractivity (Wildman–Crippen MR) is 69.2 cm³/mol. The Morgan fingerprint density at radius 3 is 2.40 bits per heavy atom. The minimum atomic E-state index is -4.72. The van der Waals surface area contributed by atoms with Crippen molar-refractivity contribution in [1.29, 1.82) is 0 Å². The van der Waals surface area contributed by atoms with Gasteiger partial charge < -0.3 is 10.1 Å². The molecule has 0 radical (unpaired) electrons. The molecule has 1 aromatic carbocycles. The monoisotopic (exact) mass is 293 g/mol. The summed E-state index contributed by atoms with van der Waals surface area (Å²) in [4.78, 5) is 0. The SMILES string of the molecule is CCC(CNC(C)C)Oc1ccc(F)c(C(F)(F)F)c1. The summed E-state index contributed by atoms with van der Waals surface area (Å²) >= 11 is 0. The van der Waals surface area contributed by atoms with Crippen molar-refractivity contribution in [2.24, 2.45) is 0 Å². The maximum Gasteiger partial charge on any atom is 0.419 e. The van der Waals surface area contributed by atoms with Crippen molar-refractivity contribution in [2.45, 2.75) is 45.5 Å². The maximum atomic E-state index is 13.2. The van der Waals surface area contributed by atoms with E-state index in [1.54, 1.807) is 0 Å². The second kappa shape index (κ2) is 6.92. The lowest BCUT2D eigenvalue weighted by Gasteiger charge is -2.20. The molecule has 0 saturated heterocycles. The van der Waals surface area contributed by atoms with E-state index in [0.717, 1.165) is 6.07 Å². The van der Waals surface area contributed by atoms with E-state index in [-0.39, 0.29) is 17.9 Å². The zero-order chi connectivity index (χ0) is 15.3. The van der Waals surface area contributed by atoms with Gasteiger partial charge in [0.1, 0.15) is 17.7 Å². The molecule has 1 N–H and O–H groups in total. The molecule has 114 valence electrons. The average Bonchev–Trinajstić information content (AvgIpc) is 2.34. The summed E-state index contributed by atoms with van der Waals surface area (Å²) < 4.78 is 56.4. The first-order chi connectivity index (χ1) is 9.24. The topological polar surface area (TPSA) is 21.3 Å². The summed E-state index contributed by atoms with van der Waals surface area (Å²) in [7, 11) is 0. The van der Waals surface area contributed by atoms with Crippen LogP contribution in [0.2, 0.25) is 0 Å². The summed E-state index contributed by atoms with van der Waals surface area (Å²) in [5.41, 5.74) is -1.30. The summed E-state index contributed by atoms with van der Waals surface area (Å²) in [6.07, 6.45) is -4.34. The van der Waals surface area contributed by atoms with Crippen LogP contribution in [0.15, 0.2) is 18.2 Å². The Labute approximate surface area is 116 Å². The van der Waals surface area contributed by atoms with Gasteiger partial charge in [0.15, 0.2) is 0 Å². The van der Waals surface area contributed by atoms with Gasteiger partial charge in [-0.2, -0.15) is 13.2 Å². The van der Waals surface area contributed by atoms with Gasteiger partial charge in [-0.15, -0.1) is 0 Å². The quantitative estimate of drug-likeness (QED) is 0.800. The zero-order valence-electron chi connectivity index (χ0n) is 11.7. The molecule has 1 rings (SSSR count). The fourth-order valence-electron chi connectivity index (χ4n) is 1.62. The van der Waals surface area contributed by atoms with Crippen LogP contribution >= 0.6 is 0 Å². The maximum absolute atomic E-state index is 13.2. The molecule has 1 unspecified atom stereocenters. The highest BCUT2D eigenvalue weighted by molar-refractivity contribution is 5.31. The van der Waals surface area contributed by atoms with Crippen LogP contribution in [-0.4, -0.2) is 18.7 Å². The van der Waals surface area contributed by atoms with Crippen molar-refractivity contribution in [3.05, 3.63) is 29.6 Å². The summed E-state index contributed by atoms with van der Waals surface area (Å²) in [5.74, 6) is -1.27. The molecule has 0 aromatic heterocycles. The molecule has 20 heavy (non-hydrogen) atoms. The van der Waals surface area contributed by atoms with Crippen molar-refractivity contribution in [3.63, 3.8) is 0 Å². The Morgan fingerprint density at radius 2 is 1.90 bits per heavy atom. The number of nitrogens with one attached hydrogen (secondary N) is 1. The van der Waals surface area contributed by atoms with Crippen LogP contribution in [-0.2, 0) is 6.18 Å². The number of halogens is 4. The summed E-state index contributed by atoms with van der Waals surface area (Å²) in [6, 6.07) is 2.95. The number of alkyl halides is 3. The van der Waals surface area contributed by atoms with E-state index in [1.807, 2.05) is 20.8 Å². The molecule has 0 amide bonds. The van der Waals surface area contributed by atoms with Crippen molar-refractivity contribution in [1.82, 2.24) is 5.32 Å². The van der Waals surface area contributed by atoms with E-state index >= 15 is 0 Å². The Balaban J connectivity index is 2.81. The van der Waals surface area contributed by atoms with Crippen LogP contribution in [0.5, 0.6) is 5.75 Å². The van der Waals surface area contributed by atoms with Crippen LogP contribution < -0.4 is 10.1 Å². The van der Waals surface area contributed by atoms with Gasteiger partial charge in [-0.05, 0) is 24.6 Å². The fourth-order valence-corrected chi connectivity index (χ4v) is 1.62. The van der Waals surface area contributed by atoms with Crippen molar-refractivity contribution in [2.75, 3.05) is 6.54 Å². The molecule has 0 fully saturated rings. The van der Waals surface area contributed by atoms with Crippen LogP contribution in [0.4, 0.5) is 17.6 Å². The Morgan fingerprint density at radius 1 is 1.25 bits per heavy atom. The molecular formula is C14H19F4NO. The highest BCUT2D eigenvalue weighted by atomic mass is 19.4. The first kappa shape index (κ1) is 16.8. The van der Waals surface area contributed by atoms with E-state index < -0.39 is 17.6 Å². The van der Waals surface area contributed by atoms with Crippen molar-refractivity contribution in [3.8, 4) is 5.75 Å². The number of hydrogen-bond donors (Lipinski definition) is 1. The average molecular weight is 293 g/mol. The smallest absolute Gasteiger partial charge is 0.419 e. The molecular weight excluding hydrogens is 274 g/mol. The third-order valence-corrected chi connectivity index (χ3v) is 2.76. The first-order valence-corrected chi connectivity index (χ1v) is 6.50. The van der Waals surface area contributed by atoms with E-state index in [2.05, 4.69) is 5.32 Å². The van der Waals surface area contributed by atoms with Gasteiger partial charge in [0, 0.05) is 12.6 Å². The van der Waals surface area contributed by atoms with Crippen molar-refractivity contribution >= 4 is 0 Å². The molecule has 1 atom stereocenters. The third kappa shape index (κ3) is 5.00. The molecule has 0 heterocycles. The Kier molecular flexibility index (Phi) is 5.80. The molecule has 1 aromatic rings. The van der Waals surface area contributed by atoms with Gasteiger partial charge in [0.2, 0.25) is 0 Å². The Bertz CT molecular complexity index is 432. The molecule has 0 aliphatic heterocycles. The molecule has 6 heteroatoms. The van der Waals surface area contributed by atoms with Crippen molar-refractivity contribution < 1.29 is 22.3 Å². The fraction of sp³-hybridized carbons (Fsp3) is 0.571. The molecule has 0 spiro atoms. The normalized spacial score (nSPS) is 13.6. The minimum Gasteiger partial charge on any atom is -0.489 e. The van der Waals surface area contributed by atoms with Crippen LogP contribution in [0.3, 0.4) is 0 Å². The second-order valence-electron chi connectivity index (χ2n) is 4.85. The van der Waals surface area contributed by atoms with Gasteiger partial charge in [-0.25, -0.2) is 4.39 Å². The summed E-state index contributed by atoms with van der Waals surface area (Å²) in [5, 5.41) is 3.15. The lowest BCUT2D eigenvalue weighted by Crippen LogP contribution is -2.34. The van der Waals surface area contributed by atoms with Crippen LogP contribution in [0.1, 0.15) is 32.8 Å². The number of hydrogen-bond acceptors (Lipinski definition) is 2.